The summed E-state index contributed by atoms with van der Waals surface area (Å²) in [5.74, 6) is 0. The molecule has 0 spiro atoms. The zero-order chi connectivity index (χ0) is 25.1. The van der Waals surface area contributed by atoms with E-state index < -0.39 is 0 Å². The molecule has 0 saturated carbocycles. The Bertz CT molecular complexity index is 481. The molecule has 0 rings (SSSR count). The second kappa shape index (κ2) is 10.4. The maximum Gasteiger partial charge on any atom is 0.0681 e. The zero-order valence-corrected chi connectivity index (χ0v) is 24.2. The van der Waals surface area contributed by atoms with Gasteiger partial charge in [0.1, 0.15) is 0 Å². The van der Waals surface area contributed by atoms with Gasteiger partial charge in [-0.2, -0.15) is 0 Å². The first kappa shape index (κ1) is 30.9. The molecular weight excluding hydrogens is 384 g/mol. The predicted molar refractivity (Wildman–Crippen MR) is 136 cm³/mol. The number of hydrogen-bond acceptors (Lipinski definition) is 3. The van der Waals surface area contributed by atoms with Crippen molar-refractivity contribution in [3.63, 3.8) is 0 Å². The zero-order valence-electron chi connectivity index (χ0n) is 24.2. The Labute approximate surface area is 196 Å². The summed E-state index contributed by atoms with van der Waals surface area (Å²) in [5.41, 5.74) is -0.331. The summed E-state index contributed by atoms with van der Waals surface area (Å²) in [6.45, 7) is 36.4. The Hall–Kier alpha value is -0.120. The molecule has 0 N–H and O–H groups in total. The van der Waals surface area contributed by atoms with Gasteiger partial charge >= 0.3 is 0 Å². The van der Waals surface area contributed by atoms with Crippen molar-refractivity contribution in [2.24, 2.45) is 16.2 Å². The molecule has 188 valence electrons. The molecule has 0 aromatic heterocycles. The van der Waals surface area contributed by atoms with E-state index in [1.165, 1.54) is 0 Å². The molecule has 0 aliphatic heterocycles. The third kappa shape index (κ3) is 11.0. The van der Waals surface area contributed by atoms with Crippen LogP contribution in [0.15, 0.2) is 0 Å². The summed E-state index contributed by atoms with van der Waals surface area (Å²) >= 11 is 0. The third-order valence-corrected chi connectivity index (χ3v) is 7.20. The van der Waals surface area contributed by atoms with Gasteiger partial charge in [-0.1, -0.05) is 48.5 Å². The number of rotatable bonds is 12. The Kier molecular flexibility index (Phi) is 10.4. The van der Waals surface area contributed by atoms with E-state index in [0.29, 0.717) is 0 Å². The van der Waals surface area contributed by atoms with Crippen LogP contribution in [-0.2, 0) is 14.2 Å². The molecule has 0 heterocycles. The highest BCUT2D eigenvalue weighted by molar-refractivity contribution is 4.92. The first-order chi connectivity index (χ1) is 13.4. The molecule has 0 fully saturated rings. The van der Waals surface area contributed by atoms with Crippen molar-refractivity contribution < 1.29 is 14.2 Å². The van der Waals surface area contributed by atoms with Crippen molar-refractivity contribution in [3.05, 3.63) is 0 Å². The van der Waals surface area contributed by atoms with Gasteiger partial charge in [0.2, 0.25) is 0 Å². The molecule has 0 aliphatic rings. The summed E-state index contributed by atoms with van der Waals surface area (Å²) in [7, 11) is 0. The lowest BCUT2D eigenvalue weighted by Crippen LogP contribution is -2.47. The summed E-state index contributed by atoms with van der Waals surface area (Å²) in [6, 6.07) is 0. The van der Waals surface area contributed by atoms with E-state index in [1.807, 2.05) is 0 Å². The monoisotopic (exact) mass is 442 g/mol. The van der Waals surface area contributed by atoms with Gasteiger partial charge in [0.15, 0.2) is 0 Å². The van der Waals surface area contributed by atoms with Crippen molar-refractivity contribution in [1.29, 1.82) is 0 Å². The van der Waals surface area contributed by atoms with Crippen LogP contribution in [0.3, 0.4) is 0 Å². The molecule has 0 bridgehead atoms. The number of hydrogen-bond donors (Lipinski definition) is 0. The van der Waals surface area contributed by atoms with Crippen LogP contribution in [0.25, 0.3) is 0 Å². The van der Waals surface area contributed by atoms with E-state index in [9.17, 15) is 0 Å². The Balaban J connectivity index is 4.96. The highest BCUT2D eigenvalue weighted by atomic mass is 16.5. The average Bonchev–Trinajstić information content (AvgIpc) is 2.40. The normalized spacial score (nSPS) is 17.0. The van der Waals surface area contributed by atoms with E-state index in [2.05, 4.69) is 111 Å². The van der Waals surface area contributed by atoms with Gasteiger partial charge in [-0.25, -0.2) is 0 Å². The lowest BCUT2D eigenvalue weighted by atomic mass is 9.72. The molecular formula is C28H58O3. The molecule has 0 aromatic carbocycles. The van der Waals surface area contributed by atoms with Gasteiger partial charge in [-0.3, -0.25) is 0 Å². The fourth-order valence-electron chi connectivity index (χ4n) is 4.23. The van der Waals surface area contributed by atoms with Gasteiger partial charge in [0, 0.05) is 6.61 Å². The van der Waals surface area contributed by atoms with Crippen molar-refractivity contribution >= 4 is 0 Å². The minimum absolute atomic E-state index is 0.00199. The van der Waals surface area contributed by atoms with Gasteiger partial charge in [-0.05, 0) is 97.8 Å². The van der Waals surface area contributed by atoms with E-state index in [1.54, 1.807) is 0 Å². The largest absolute Gasteiger partial charge is 0.375 e. The second-order valence-corrected chi connectivity index (χ2v) is 14.3. The molecule has 3 nitrogen and oxygen atoms in total. The topological polar surface area (TPSA) is 27.7 Å². The fourth-order valence-corrected chi connectivity index (χ4v) is 4.23. The number of ether oxygens (including phenoxy) is 3. The lowest BCUT2D eigenvalue weighted by molar-refractivity contribution is -0.162. The maximum absolute atomic E-state index is 6.56. The van der Waals surface area contributed by atoms with Gasteiger partial charge in [0.05, 0.1) is 29.0 Å². The van der Waals surface area contributed by atoms with Gasteiger partial charge < -0.3 is 14.2 Å². The van der Waals surface area contributed by atoms with E-state index >= 15 is 0 Å². The van der Waals surface area contributed by atoms with Crippen molar-refractivity contribution in [2.75, 3.05) is 6.61 Å². The van der Waals surface area contributed by atoms with Crippen LogP contribution in [0.2, 0.25) is 0 Å². The SMILES string of the molecule is CC(CC(C)(C)C(C)(C)OCCC(C)(C)C(C)(C)OC(C)CC(C)(C)C)OC(C)(C)C. The first-order valence-electron chi connectivity index (χ1n) is 12.4. The van der Waals surface area contributed by atoms with Crippen LogP contribution in [0.5, 0.6) is 0 Å². The van der Waals surface area contributed by atoms with Crippen LogP contribution in [-0.4, -0.2) is 35.6 Å². The standard InChI is InChI=1S/C28H58O3/c1-21(19-23(3,4)5)31-28(15,16)25(9,10)17-18-29-27(13,14)26(11,12)20-22(2)30-24(6,7)8/h21-22H,17-20H2,1-16H3. The maximum atomic E-state index is 6.56. The molecule has 0 aliphatic carbocycles. The fraction of sp³-hybridized carbons (Fsp3) is 1.00. The van der Waals surface area contributed by atoms with E-state index in [0.717, 1.165) is 25.9 Å². The van der Waals surface area contributed by atoms with Crippen LogP contribution >= 0.6 is 0 Å². The van der Waals surface area contributed by atoms with Crippen LogP contribution in [0.4, 0.5) is 0 Å². The lowest BCUT2D eigenvalue weighted by Gasteiger charge is -2.46. The van der Waals surface area contributed by atoms with Crippen molar-refractivity contribution in [2.45, 2.75) is 159 Å². The molecule has 0 saturated heterocycles. The summed E-state index contributed by atoms with van der Waals surface area (Å²) in [6.07, 6.45) is 3.38. The minimum atomic E-state index is -0.247. The molecule has 0 radical (unpaired) electrons. The highest BCUT2D eigenvalue weighted by Gasteiger charge is 2.42. The first-order valence-corrected chi connectivity index (χ1v) is 12.4. The van der Waals surface area contributed by atoms with E-state index in [-0.39, 0.29) is 45.3 Å². The second-order valence-electron chi connectivity index (χ2n) is 14.3. The Morgan fingerprint density at radius 2 is 1.00 bits per heavy atom. The molecule has 3 heteroatoms. The molecule has 31 heavy (non-hydrogen) atoms. The molecule has 0 amide bonds. The van der Waals surface area contributed by atoms with Crippen molar-refractivity contribution in [3.8, 4) is 0 Å². The molecule has 0 aromatic rings. The molecule has 2 unspecified atom stereocenters. The Morgan fingerprint density at radius 3 is 1.42 bits per heavy atom. The highest BCUT2D eigenvalue weighted by Crippen LogP contribution is 2.42. The predicted octanol–water partition coefficient (Wildman–Crippen LogP) is 8.44. The summed E-state index contributed by atoms with van der Waals surface area (Å²) in [5, 5.41) is 0. The van der Waals surface area contributed by atoms with Crippen LogP contribution < -0.4 is 0 Å². The van der Waals surface area contributed by atoms with E-state index in [4.69, 9.17) is 14.2 Å². The smallest absolute Gasteiger partial charge is 0.0681 e. The Morgan fingerprint density at radius 1 is 0.548 bits per heavy atom. The van der Waals surface area contributed by atoms with Gasteiger partial charge in [0.25, 0.3) is 0 Å². The minimum Gasteiger partial charge on any atom is -0.375 e. The summed E-state index contributed by atoms with van der Waals surface area (Å²) in [4.78, 5) is 0. The van der Waals surface area contributed by atoms with Crippen molar-refractivity contribution in [1.82, 2.24) is 0 Å². The van der Waals surface area contributed by atoms with Gasteiger partial charge in [-0.15, -0.1) is 0 Å². The van der Waals surface area contributed by atoms with Crippen LogP contribution in [0, 0.1) is 16.2 Å². The third-order valence-electron chi connectivity index (χ3n) is 7.20. The van der Waals surface area contributed by atoms with Crippen LogP contribution in [0.1, 0.15) is 130 Å². The molecule has 2 atom stereocenters. The average molecular weight is 443 g/mol. The quantitative estimate of drug-likeness (QED) is 0.303. The summed E-state index contributed by atoms with van der Waals surface area (Å²) < 4.78 is 19.3.